The lowest BCUT2D eigenvalue weighted by molar-refractivity contribution is 0.102. The lowest BCUT2D eigenvalue weighted by Gasteiger charge is -2.09. The van der Waals surface area contributed by atoms with Gasteiger partial charge in [-0.2, -0.15) is 10.1 Å². The molecule has 2 atom stereocenters. The standard InChI is InChI=1S/C25H20FN7O2/c1-13-3-4-16(23-31-25(35-32-23)17-11-19(17)26)9-21(13)30-24(34)18-12-28-33-8-6-15(10-22(18)33)20-5-7-27-14(2)29-20/h3-10,12,17,19H,11H2,1-2H3,(H,30,34)/t17-,19-/m0/s1. The van der Waals surface area contributed by atoms with Crippen molar-refractivity contribution in [2.75, 3.05) is 5.32 Å². The Morgan fingerprint density at radius 3 is 2.80 bits per heavy atom. The van der Waals surface area contributed by atoms with E-state index < -0.39 is 6.17 Å². The number of hydrogen-bond donors (Lipinski definition) is 1. The van der Waals surface area contributed by atoms with E-state index in [0.717, 1.165) is 16.8 Å². The highest BCUT2D eigenvalue weighted by molar-refractivity contribution is 6.09. The Labute approximate surface area is 199 Å². The zero-order valence-corrected chi connectivity index (χ0v) is 18.9. The molecule has 0 unspecified atom stereocenters. The Morgan fingerprint density at radius 1 is 1.14 bits per heavy atom. The van der Waals surface area contributed by atoms with Crippen LogP contribution in [0, 0.1) is 13.8 Å². The van der Waals surface area contributed by atoms with E-state index >= 15 is 0 Å². The van der Waals surface area contributed by atoms with Gasteiger partial charge in [0.05, 0.1) is 28.9 Å². The first-order valence-electron chi connectivity index (χ1n) is 11.1. The fourth-order valence-corrected chi connectivity index (χ4v) is 3.94. The maximum absolute atomic E-state index is 13.3. The number of aromatic nitrogens is 6. The second-order valence-electron chi connectivity index (χ2n) is 8.59. The summed E-state index contributed by atoms with van der Waals surface area (Å²) >= 11 is 0. The Balaban J connectivity index is 1.29. The molecule has 1 aliphatic carbocycles. The highest BCUT2D eigenvalue weighted by atomic mass is 19.1. The van der Waals surface area contributed by atoms with Crippen LogP contribution in [0.4, 0.5) is 10.1 Å². The molecule has 6 rings (SSSR count). The molecule has 0 spiro atoms. The van der Waals surface area contributed by atoms with Crippen molar-refractivity contribution in [1.82, 2.24) is 29.7 Å². The van der Waals surface area contributed by atoms with Crippen LogP contribution in [-0.4, -0.2) is 41.8 Å². The summed E-state index contributed by atoms with van der Waals surface area (Å²) in [4.78, 5) is 26.2. The molecule has 1 fully saturated rings. The van der Waals surface area contributed by atoms with Crippen LogP contribution in [0.1, 0.15) is 40.0 Å². The van der Waals surface area contributed by atoms with Crippen molar-refractivity contribution in [3.8, 4) is 22.6 Å². The van der Waals surface area contributed by atoms with Gasteiger partial charge in [0.25, 0.3) is 5.91 Å². The summed E-state index contributed by atoms with van der Waals surface area (Å²) in [6.45, 7) is 3.72. The fraction of sp³-hybridized carbons (Fsp3) is 0.200. The number of aryl methyl sites for hydroxylation is 2. The van der Waals surface area contributed by atoms with E-state index in [2.05, 4.69) is 30.5 Å². The van der Waals surface area contributed by atoms with Crippen molar-refractivity contribution in [3.05, 3.63) is 77.8 Å². The van der Waals surface area contributed by atoms with E-state index in [9.17, 15) is 9.18 Å². The topological polar surface area (TPSA) is 111 Å². The summed E-state index contributed by atoms with van der Waals surface area (Å²) in [6, 6.07) is 11.1. The molecule has 1 aromatic carbocycles. The largest absolute Gasteiger partial charge is 0.339 e. The normalized spacial score (nSPS) is 17.0. The van der Waals surface area contributed by atoms with Crippen LogP contribution in [-0.2, 0) is 0 Å². The number of nitrogens with one attached hydrogen (secondary N) is 1. The van der Waals surface area contributed by atoms with E-state index in [-0.39, 0.29) is 11.8 Å². The molecule has 0 saturated heterocycles. The highest BCUT2D eigenvalue weighted by Crippen LogP contribution is 2.43. The smallest absolute Gasteiger partial charge is 0.259 e. The first-order chi connectivity index (χ1) is 17.0. The number of halogens is 1. The van der Waals surface area contributed by atoms with Crippen molar-refractivity contribution in [1.29, 1.82) is 0 Å². The van der Waals surface area contributed by atoms with Crippen LogP contribution < -0.4 is 5.32 Å². The quantitative estimate of drug-likeness (QED) is 0.402. The summed E-state index contributed by atoms with van der Waals surface area (Å²) in [5, 5.41) is 11.3. The van der Waals surface area contributed by atoms with Crippen molar-refractivity contribution >= 4 is 17.1 Å². The Bertz CT molecular complexity index is 1590. The molecule has 1 saturated carbocycles. The van der Waals surface area contributed by atoms with Crippen LogP contribution in [0.3, 0.4) is 0 Å². The Hall–Kier alpha value is -4.47. The molecule has 5 aromatic rings. The maximum Gasteiger partial charge on any atom is 0.259 e. The molecule has 10 heteroatoms. The minimum absolute atomic E-state index is 0.302. The molecule has 9 nitrogen and oxygen atoms in total. The van der Waals surface area contributed by atoms with Gasteiger partial charge in [0.1, 0.15) is 12.0 Å². The number of pyridine rings is 1. The highest BCUT2D eigenvalue weighted by Gasteiger charge is 2.43. The minimum Gasteiger partial charge on any atom is -0.339 e. The van der Waals surface area contributed by atoms with Gasteiger partial charge in [0, 0.05) is 29.2 Å². The van der Waals surface area contributed by atoms with Gasteiger partial charge >= 0.3 is 0 Å². The number of fused-ring (bicyclic) bond motifs is 1. The molecule has 1 amide bonds. The molecule has 174 valence electrons. The second kappa shape index (κ2) is 8.08. The summed E-state index contributed by atoms with van der Waals surface area (Å²) in [5.41, 5.74) is 4.83. The molecule has 1 aliphatic rings. The molecular formula is C25H20FN7O2. The van der Waals surface area contributed by atoms with Gasteiger partial charge in [-0.1, -0.05) is 17.3 Å². The van der Waals surface area contributed by atoms with E-state index in [1.54, 1.807) is 23.0 Å². The van der Waals surface area contributed by atoms with Crippen LogP contribution in [0.5, 0.6) is 0 Å². The van der Waals surface area contributed by atoms with Crippen molar-refractivity contribution in [3.63, 3.8) is 0 Å². The first kappa shape index (κ1) is 21.1. The molecule has 0 bridgehead atoms. The van der Waals surface area contributed by atoms with E-state index in [1.165, 1.54) is 6.20 Å². The van der Waals surface area contributed by atoms with Crippen LogP contribution >= 0.6 is 0 Å². The van der Waals surface area contributed by atoms with Gasteiger partial charge < -0.3 is 9.84 Å². The molecule has 4 heterocycles. The zero-order valence-electron chi connectivity index (χ0n) is 18.9. The summed E-state index contributed by atoms with van der Waals surface area (Å²) in [6.07, 6.45) is 4.53. The van der Waals surface area contributed by atoms with Crippen LogP contribution in [0.15, 0.2) is 59.5 Å². The predicted molar refractivity (Wildman–Crippen MR) is 126 cm³/mol. The third-order valence-electron chi connectivity index (χ3n) is 6.05. The van der Waals surface area contributed by atoms with Gasteiger partial charge in [-0.25, -0.2) is 18.9 Å². The second-order valence-corrected chi connectivity index (χ2v) is 8.59. The third kappa shape index (κ3) is 3.92. The predicted octanol–water partition coefficient (Wildman–Crippen LogP) is 4.54. The lowest BCUT2D eigenvalue weighted by Crippen LogP contribution is -2.12. The van der Waals surface area contributed by atoms with Gasteiger partial charge in [0.15, 0.2) is 0 Å². The van der Waals surface area contributed by atoms with Crippen LogP contribution in [0.2, 0.25) is 0 Å². The molecular weight excluding hydrogens is 449 g/mol. The van der Waals surface area contributed by atoms with Crippen molar-refractivity contribution < 1.29 is 13.7 Å². The fourth-order valence-electron chi connectivity index (χ4n) is 3.94. The van der Waals surface area contributed by atoms with E-state index in [1.807, 2.05) is 44.2 Å². The SMILES string of the molecule is Cc1nccc(-c2ccn3ncc(C(=O)Nc4cc(-c5noc([C@H]6C[C@@H]6F)n5)ccc4C)c3c2)n1. The number of nitrogens with zero attached hydrogens (tertiary/aromatic N) is 6. The third-order valence-corrected chi connectivity index (χ3v) is 6.05. The van der Waals surface area contributed by atoms with Crippen LogP contribution in [0.25, 0.3) is 28.2 Å². The molecule has 0 aliphatic heterocycles. The number of carbonyl (C=O) groups excluding carboxylic acids is 1. The number of rotatable bonds is 5. The monoisotopic (exact) mass is 469 g/mol. The Morgan fingerprint density at radius 2 is 2.00 bits per heavy atom. The summed E-state index contributed by atoms with van der Waals surface area (Å²) in [5.74, 6) is 0.714. The average Bonchev–Trinajstić information content (AvgIpc) is 3.24. The van der Waals surface area contributed by atoms with Gasteiger partial charge in [0.2, 0.25) is 11.7 Å². The number of carbonyl (C=O) groups is 1. The zero-order chi connectivity index (χ0) is 24.1. The minimum atomic E-state index is -0.916. The van der Waals surface area contributed by atoms with Crippen molar-refractivity contribution in [2.24, 2.45) is 0 Å². The molecule has 1 N–H and O–H groups in total. The van der Waals surface area contributed by atoms with Gasteiger partial charge in [-0.05, 0) is 50.1 Å². The van der Waals surface area contributed by atoms with Gasteiger partial charge in [-0.3, -0.25) is 4.79 Å². The lowest BCUT2D eigenvalue weighted by atomic mass is 10.1. The van der Waals surface area contributed by atoms with Crippen molar-refractivity contribution in [2.45, 2.75) is 32.4 Å². The van der Waals surface area contributed by atoms with Gasteiger partial charge in [-0.15, -0.1) is 0 Å². The molecule has 4 aromatic heterocycles. The molecule has 0 radical (unpaired) electrons. The average molecular weight is 469 g/mol. The number of hydrogen-bond acceptors (Lipinski definition) is 7. The van der Waals surface area contributed by atoms with E-state index in [4.69, 9.17) is 4.52 Å². The number of anilines is 1. The summed E-state index contributed by atoms with van der Waals surface area (Å²) < 4.78 is 20.2. The van der Waals surface area contributed by atoms with E-state index in [0.29, 0.717) is 46.3 Å². The summed E-state index contributed by atoms with van der Waals surface area (Å²) in [7, 11) is 0. The number of benzene rings is 1. The Kier molecular flexibility index (Phi) is 4.87. The first-order valence-corrected chi connectivity index (χ1v) is 11.1. The molecule has 35 heavy (non-hydrogen) atoms. The number of alkyl halides is 1. The number of amides is 1. The maximum atomic E-state index is 13.3.